The predicted molar refractivity (Wildman–Crippen MR) is 105 cm³/mol. The number of fused-ring (bicyclic) bond motifs is 1. The molecule has 1 aliphatic heterocycles. The summed E-state index contributed by atoms with van der Waals surface area (Å²) in [5.74, 6) is 0.230. The number of benzene rings is 2. The van der Waals surface area contributed by atoms with Crippen LogP contribution in [0.15, 0.2) is 47.8 Å². The van der Waals surface area contributed by atoms with Crippen LogP contribution in [0.2, 0.25) is 0 Å². The summed E-state index contributed by atoms with van der Waals surface area (Å²) in [6, 6.07) is 12.7. The van der Waals surface area contributed by atoms with Gasteiger partial charge in [-0.2, -0.15) is 0 Å². The van der Waals surface area contributed by atoms with Crippen LogP contribution >= 0.6 is 11.3 Å². The predicted octanol–water partition coefficient (Wildman–Crippen LogP) is 3.89. The van der Waals surface area contributed by atoms with Crippen molar-refractivity contribution in [2.75, 3.05) is 10.6 Å². The average Bonchev–Trinajstić information content (AvgIpc) is 3.17. The van der Waals surface area contributed by atoms with Crippen molar-refractivity contribution in [3.8, 4) is 27.6 Å². The summed E-state index contributed by atoms with van der Waals surface area (Å²) in [6.45, 7) is 1.92. The van der Waals surface area contributed by atoms with Gasteiger partial charge in [-0.25, -0.2) is 13.4 Å². The molecule has 0 saturated carbocycles. The molecule has 1 N–H and O–H groups in total. The molecule has 0 spiro atoms. The highest BCUT2D eigenvalue weighted by molar-refractivity contribution is 7.92. The van der Waals surface area contributed by atoms with Crippen LogP contribution in [0.4, 0.5) is 5.69 Å². The maximum Gasteiger partial charge on any atom is 0.232 e. The Hall–Kier alpha value is -2.38. The van der Waals surface area contributed by atoms with Crippen LogP contribution in [0.3, 0.4) is 0 Å². The van der Waals surface area contributed by atoms with Crippen molar-refractivity contribution in [2.45, 2.75) is 19.4 Å². The van der Waals surface area contributed by atoms with E-state index in [2.05, 4.69) is 0 Å². The average molecular weight is 386 g/mol. The number of nitrogens with zero attached hydrogens (tertiary/aromatic N) is 2. The fourth-order valence-electron chi connectivity index (χ4n) is 3.41. The van der Waals surface area contributed by atoms with Crippen molar-refractivity contribution in [3.05, 3.63) is 53.4 Å². The second kappa shape index (κ2) is 6.10. The lowest BCUT2D eigenvalue weighted by atomic mass is 10.1. The normalized spacial score (nSPS) is 16.7. The van der Waals surface area contributed by atoms with Crippen molar-refractivity contribution < 1.29 is 13.5 Å². The number of hydrogen-bond donors (Lipinski definition) is 1. The standard InChI is InChI=1S/C19H18N2O3S2/c1-12-9-15-10-14(5-8-18(15)21(12)26(2,23)24)17-11-25-19(20-17)13-3-6-16(22)7-4-13/h3-8,10-12,22H,9H2,1-2H3/t12-/m0/s1. The van der Waals surface area contributed by atoms with Crippen LogP contribution in [-0.2, 0) is 16.4 Å². The van der Waals surface area contributed by atoms with Crippen LogP contribution in [-0.4, -0.2) is 30.8 Å². The van der Waals surface area contributed by atoms with Crippen molar-refractivity contribution in [1.29, 1.82) is 0 Å². The lowest BCUT2D eigenvalue weighted by Crippen LogP contribution is -2.34. The fraction of sp³-hybridized carbons (Fsp3) is 0.211. The van der Waals surface area contributed by atoms with E-state index < -0.39 is 10.0 Å². The van der Waals surface area contributed by atoms with E-state index in [4.69, 9.17) is 4.98 Å². The second-order valence-corrected chi connectivity index (χ2v) is 9.26. The number of hydrogen-bond acceptors (Lipinski definition) is 5. The zero-order valence-corrected chi connectivity index (χ0v) is 16.0. The van der Waals surface area contributed by atoms with Gasteiger partial charge in [0, 0.05) is 22.5 Å². The van der Waals surface area contributed by atoms with Crippen molar-refractivity contribution in [3.63, 3.8) is 0 Å². The summed E-state index contributed by atoms with van der Waals surface area (Å²) in [6.07, 6.45) is 1.95. The molecule has 0 radical (unpaired) electrons. The van der Waals surface area contributed by atoms with Crippen LogP contribution in [0.25, 0.3) is 21.8 Å². The van der Waals surface area contributed by atoms with E-state index >= 15 is 0 Å². The summed E-state index contributed by atoms with van der Waals surface area (Å²) in [4.78, 5) is 4.70. The van der Waals surface area contributed by atoms with Crippen molar-refractivity contribution in [2.24, 2.45) is 0 Å². The topological polar surface area (TPSA) is 70.5 Å². The minimum absolute atomic E-state index is 0.0711. The van der Waals surface area contributed by atoms with Crippen LogP contribution < -0.4 is 4.31 Å². The molecule has 1 atom stereocenters. The quantitative estimate of drug-likeness (QED) is 0.741. The number of thiazole rings is 1. The van der Waals surface area contributed by atoms with Gasteiger partial charge in [-0.1, -0.05) is 6.07 Å². The molecule has 1 aromatic heterocycles. The zero-order valence-electron chi connectivity index (χ0n) is 14.4. The Kier molecular flexibility index (Phi) is 4.00. The first-order chi connectivity index (χ1) is 12.3. The van der Waals surface area contributed by atoms with Crippen LogP contribution in [0.5, 0.6) is 5.75 Å². The maximum absolute atomic E-state index is 12.0. The molecule has 0 saturated heterocycles. The molecule has 0 bridgehead atoms. The van der Waals surface area contributed by atoms with E-state index in [1.54, 1.807) is 23.5 Å². The monoisotopic (exact) mass is 386 g/mol. The zero-order chi connectivity index (χ0) is 18.5. The van der Waals surface area contributed by atoms with Gasteiger partial charge < -0.3 is 5.11 Å². The third kappa shape index (κ3) is 2.97. The largest absolute Gasteiger partial charge is 0.508 e. The first-order valence-electron chi connectivity index (χ1n) is 8.20. The highest BCUT2D eigenvalue weighted by Gasteiger charge is 2.32. The molecule has 0 unspecified atom stereocenters. The minimum atomic E-state index is -3.28. The second-order valence-electron chi connectivity index (χ2n) is 6.54. The minimum Gasteiger partial charge on any atom is -0.508 e. The first-order valence-corrected chi connectivity index (χ1v) is 10.9. The highest BCUT2D eigenvalue weighted by atomic mass is 32.2. The van der Waals surface area contributed by atoms with E-state index in [0.717, 1.165) is 33.1 Å². The third-order valence-corrected chi connectivity index (χ3v) is 6.67. The molecule has 4 rings (SSSR count). The van der Waals surface area contributed by atoms with E-state index in [9.17, 15) is 13.5 Å². The summed E-state index contributed by atoms with van der Waals surface area (Å²) in [5.41, 5.74) is 4.59. The lowest BCUT2D eigenvalue weighted by molar-refractivity contribution is 0.475. The molecule has 2 heterocycles. The molecule has 0 amide bonds. The van der Waals surface area contributed by atoms with E-state index in [-0.39, 0.29) is 11.8 Å². The van der Waals surface area contributed by atoms with Gasteiger partial charge in [0.05, 0.1) is 17.6 Å². The number of anilines is 1. The SMILES string of the molecule is C[C@H]1Cc2cc(-c3csc(-c4ccc(O)cc4)n3)ccc2N1S(C)(=O)=O. The van der Waals surface area contributed by atoms with Gasteiger partial charge in [-0.05, 0) is 55.3 Å². The molecule has 0 aliphatic carbocycles. The summed E-state index contributed by atoms with van der Waals surface area (Å²) < 4.78 is 25.6. The molecular weight excluding hydrogens is 368 g/mol. The molecule has 0 fully saturated rings. The molecule has 5 nitrogen and oxygen atoms in total. The Morgan fingerprint density at radius 2 is 1.85 bits per heavy atom. The van der Waals surface area contributed by atoms with Gasteiger partial charge in [0.1, 0.15) is 10.8 Å². The molecule has 7 heteroatoms. The van der Waals surface area contributed by atoms with Gasteiger partial charge in [0.15, 0.2) is 0 Å². The number of aromatic hydroxyl groups is 1. The summed E-state index contributed by atoms with van der Waals surface area (Å²) >= 11 is 1.54. The molecule has 3 aromatic rings. The fourth-order valence-corrected chi connectivity index (χ4v) is 5.51. The molecule has 26 heavy (non-hydrogen) atoms. The van der Waals surface area contributed by atoms with Gasteiger partial charge >= 0.3 is 0 Å². The number of phenolic OH excluding ortho intramolecular Hbond substituents is 1. The Bertz CT molecular complexity index is 1070. The summed E-state index contributed by atoms with van der Waals surface area (Å²) in [7, 11) is -3.28. The smallest absolute Gasteiger partial charge is 0.232 e. The van der Waals surface area contributed by atoms with E-state index in [1.165, 1.54) is 10.6 Å². The Morgan fingerprint density at radius 1 is 1.15 bits per heavy atom. The molecular formula is C19H18N2O3S2. The third-order valence-electron chi connectivity index (χ3n) is 4.50. The summed E-state index contributed by atoms with van der Waals surface area (Å²) in [5, 5.41) is 12.3. The van der Waals surface area contributed by atoms with Crippen molar-refractivity contribution in [1.82, 2.24) is 4.98 Å². The molecule has 134 valence electrons. The Morgan fingerprint density at radius 3 is 2.54 bits per heavy atom. The van der Waals surface area contributed by atoms with Crippen LogP contribution in [0, 0.1) is 0 Å². The maximum atomic E-state index is 12.0. The number of rotatable bonds is 3. The highest BCUT2D eigenvalue weighted by Crippen LogP contribution is 2.37. The number of sulfonamides is 1. The first kappa shape index (κ1) is 17.1. The van der Waals surface area contributed by atoms with Gasteiger partial charge in [-0.3, -0.25) is 4.31 Å². The Balaban J connectivity index is 1.69. The Labute approximate surface area is 156 Å². The van der Waals surface area contributed by atoms with Gasteiger partial charge in [0.2, 0.25) is 10.0 Å². The molecule has 2 aromatic carbocycles. The van der Waals surface area contributed by atoms with Gasteiger partial charge in [-0.15, -0.1) is 11.3 Å². The van der Waals surface area contributed by atoms with E-state index in [1.807, 2.05) is 42.6 Å². The molecule has 1 aliphatic rings. The number of phenols is 1. The van der Waals surface area contributed by atoms with Crippen LogP contribution in [0.1, 0.15) is 12.5 Å². The number of aromatic nitrogens is 1. The van der Waals surface area contributed by atoms with Crippen molar-refractivity contribution >= 4 is 27.0 Å². The van der Waals surface area contributed by atoms with Gasteiger partial charge in [0.25, 0.3) is 0 Å². The lowest BCUT2D eigenvalue weighted by Gasteiger charge is -2.21. The van der Waals surface area contributed by atoms with E-state index in [0.29, 0.717) is 6.42 Å².